The molecule has 0 aliphatic rings. The van der Waals surface area contributed by atoms with E-state index in [2.05, 4.69) is 15.6 Å². The highest BCUT2D eigenvalue weighted by Crippen LogP contribution is 2.21. The normalized spacial score (nSPS) is 10.1. The fourth-order valence-electron chi connectivity index (χ4n) is 2.12. The number of benzene rings is 1. The van der Waals surface area contributed by atoms with Crippen LogP contribution in [0, 0.1) is 0 Å². The summed E-state index contributed by atoms with van der Waals surface area (Å²) in [4.78, 5) is 15.9. The Balaban J connectivity index is 0.00000176. The Morgan fingerprint density at radius 3 is 2.82 bits per heavy atom. The number of rotatable bonds is 2. The molecule has 2 heterocycles. The highest BCUT2D eigenvalue weighted by Gasteiger charge is 2.07. The molecule has 3 rings (SSSR count). The molecule has 0 aliphatic heterocycles. The Bertz CT molecular complexity index is 816. The minimum atomic E-state index is -0.361. The van der Waals surface area contributed by atoms with Crippen LogP contribution in [0.3, 0.4) is 0 Å². The predicted molar refractivity (Wildman–Crippen MR) is 92.1 cm³/mol. The lowest BCUT2D eigenvalue weighted by molar-refractivity contribution is 0.262. The molecule has 2 aromatic heterocycles. The first-order valence-electron chi connectivity index (χ1n) is 6.37. The number of anilines is 2. The molecule has 0 radical (unpaired) electrons. The molecular weight excluding hydrogens is 323 g/mol. The van der Waals surface area contributed by atoms with Crippen molar-refractivity contribution < 1.29 is 4.79 Å². The second kappa shape index (κ2) is 6.68. The molecule has 1 aromatic carbocycles. The Kier molecular flexibility index (Phi) is 4.90. The van der Waals surface area contributed by atoms with Crippen LogP contribution in [0.2, 0.25) is 5.15 Å². The first-order chi connectivity index (χ1) is 10.1. The summed E-state index contributed by atoms with van der Waals surface area (Å²) in [6.07, 6.45) is 3.54. The van der Waals surface area contributed by atoms with Crippen molar-refractivity contribution in [1.29, 1.82) is 0 Å². The van der Waals surface area contributed by atoms with Crippen LogP contribution in [0.4, 0.5) is 16.2 Å². The molecule has 0 unspecified atom stereocenters. The summed E-state index contributed by atoms with van der Waals surface area (Å²) < 4.78 is 2.02. The smallest absolute Gasteiger partial charge is 0.323 e. The number of nitrogens with zero attached hydrogens (tertiary/aromatic N) is 2. The fourth-order valence-corrected chi connectivity index (χ4v) is 2.29. The van der Waals surface area contributed by atoms with Crippen LogP contribution in [0.15, 0.2) is 48.8 Å². The third kappa shape index (κ3) is 3.32. The quantitative estimate of drug-likeness (QED) is 0.685. The van der Waals surface area contributed by atoms with Crippen LogP contribution >= 0.6 is 24.0 Å². The number of fused-ring (bicyclic) bond motifs is 1. The van der Waals surface area contributed by atoms with Gasteiger partial charge in [-0.25, -0.2) is 9.78 Å². The second-order valence-corrected chi connectivity index (χ2v) is 4.98. The standard InChI is InChI=1S/C15H13ClN4O.ClH/c1-20-8-6-10-9-11(4-5-13(10)20)18-15(21)19-12-3-2-7-17-14(12)16;/h2-9H,1H3,(H2,18,19,21);1H. The van der Waals surface area contributed by atoms with E-state index in [1.807, 2.05) is 42.1 Å². The average molecular weight is 337 g/mol. The molecular formula is C15H14Cl2N4O. The molecule has 0 saturated carbocycles. The average Bonchev–Trinajstić information content (AvgIpc) is 2.82. The van der Waals surface area contributed by atoms with Gasteiger partial charge < -0.3 is 15.2 Å². The summed E-state index contributed by atoms with van der Waals surface area (Å²) in [5.41, 5.74) is 2.29. The molecule has 114 valence electrons. The van der Waals surface area contributed by atoms with E-state index in [4.69, 9.17) is 11.6 Å². The number of hydrogen-bond acceptors (Lipinski definition) is 2. The van der Waals surface area contributed by atoms with Gasteiger partial charge in [-0.1, -0.05) is 11.6 Å². The number of aromatic nitrogens is 2. The lowest BCUT2D eigenvalue weighted by Crippen LogP contribution is -2.19. The van der Waals surface area contributed by atoms with Crippen molar-refractivity contribution in [3.63, 3.8) is 0 Å². The third-order valence-corrected chi connectivity index (χ3v) is 3.45. The highest BCUT2D eigenvalue weighted by atomic mass is 35.5. The molecule has 0 bridgehead atoms. The molecule has 3 aromatic rings. The van der Waals surface area contributed by atoms with Gasteiger partial charge in [0.05, 0.1) is 5.69 Å². The number of aryl methyl sites for hydroxylation is 1. The number of amides is 2. The number of nitrogens with one attached hydrogen (secondary N) is 2. The van der Waals surface area contributed by atoms with Crippen molar-refractivity contribution >= 4 is 52.3 Å². The van der Waals surface area contributed by atoms with Crippen molar-refractivity contribution in [3.05, 3.63) is 53.9 Å². The van der Waals surface area contributed by atoms with E-state index in [0.717, 1.165) is 10.9 Å². The van der Waals surface area contributed by atoms with Gasteiger partial charge in [-0.2, -0.15) is 0 Å². The summed E-state index contributed by atoms with van der Waals surface area (Å²) in [6.45, 7) is 0. The van der Waals surface area contributed by atoms with Gasteiger partial charge in [0.15, 0.2) is 5.15 Å². The Morgan fingerprint density at radius 1 is 1.23 bits per heavy atom. The maximum Gasteiger partial charge on any atom is 0.323 e. The van der Waals surface area contributed by atoms with E-state index in [9.17, 15) is 4.79 Å². The van der Waals surface area contributed by atoms with Crippen LogP contribution < -0.4 is 10.6 Å². The van der Waals surface area contributed by atoms with Crippen LogP contribution in [0.5, 0.6) is 0 Å². The molecule has 0 saturated heterocycles. The number of carbonyl (C=O) groups is 1. The molecule has 0 spiro atoms. The van der Waals surface area contributed by atoms with Gasteiger partial charge in [-0.05, 0) is 36.4 Å². The number of carbonyl (C=O) groups excluding carboxylic acids is 1. The number of hydrogen-bond donors (Lipinski definition) is 2. The zero-order valence-electron chi connectivity index (χ0n) is 11.7. The predicted octanol–water partition coefficient (Wildman–Crippen LogP) is 4.29. The van der Waals surface area contributed by atoms with Crippen molar-refractivity contribution in [2.75, 3.05) is 10.6 Å². The minimum absolute atomic E-state index is 0. The summed E-state index contributed by atoms with van der Waals surface area (Å²) in [7, 11) is 1.98. The first-order valence-corrected chi connectivity index (χ1v) is 6.75. The lowest BCUT2D eigenvalue weighted by Gasteiger charge is -2.08. The van der Waals surface area contributed by atoms with Crippen molar-refractivity contribution in [2.45, 2.75) is 0 Å². The van der Waals surface area contributed by atoms with Gasteiger partial charge in [0.1, 0.15) is 0 Å². The molecule has 22 heavy (non-hydrogen) atoms. The zero-order chi connectivity index (χ0) is 14.8. The molecule has 5 nitrogen and oxygen atoms in total. The Morgan fingerprint density at radius 2 is 2.05 bits per heavy atom. The zero-order valence-corrected chi connectivity index (χ0v) is 13.3. The molecule has 2 amide bonds. The van der Waals surface area contributed by atoms with E-state index in [1.54, 1.807) is 18.3 Å². The molecule has 7 heteroatoms. The molecule has 0 aliphatic carbocycles. The number of halogens is 2. The highest BCUT2D eigenvalue weighted by molar-refractivity contribution is 6.32. The van der Waals surface area contributed by atoms with Crippen LogP contribution in [-0.4, -0.2) is 15.6 Å². The van der Waals surface area contributed by atoms with E-state index < -0.39 is 0 Å². The SMILES string of the molecule is Cl.Cn1ccc2cc(NC(=O)Nc3cccnc3Cl)ccc21. The van der Waals surface area contributed by atoms with Crippen molar-refractivity contribution in [3.8, 4) is 0 Å². The minimum Gasteiger partial charge on any atom is -0.351 e. The molecule has 0 fully saturated rings. The second-order valence-electron chi connectivity index (χ2n) is 4.62. The number of pyridine rings is 1. The van der Waals surface area contributed by atoms with E-state index >= 15 is 0 Å². The van der Waals surface area contributed by atoms with Gasteiger partial charge in [0.2, 0.25) is 0 Å². The van der Waals surface area contributed by atoms with Crippen LogP contribution in [0.1, 0.15) is 0 Å². The van der Waals surface area contributed by atoms with E-state index in [-0.39, 0.29) is 23.6 Å². The van der Waals surface area contributed by atoms with Gasteiger partial charge in [0.25, 0.3) is 0 Å². The molecule has 0 atom stereocenters. The topological polar surface area (TPSA) is 59.0 Å². The first kappa shape index (κ1) is 16.1. The maximum absolute atomic E-state index is 12.0. The van der Waals surface area contributed by atoms with Crippen molar-refractivity contribution in [1.82, 2.24) is 9.55 Å². The largest absolute Gasteiger partial charge is 0.351 e. The van der Waals surface area contributed by atoms with Gasteiger partial charge in [-0.15, -0.1) is 12.4 Å². The monoisotopic (exact) mass is 336 g/mol. The van der Waals surface area contributed by atoms with Gasteiger partial charge >= 0.3 is 6.03 Å². The Hall–Kier alpha value is -2.24. The number of urea groups is 1. The van der Waals surface area contributed by atoms with Crippen LogP contribution in [0.25, 0.3) is 10.9 Å². The lowest BCUT2D eigenvalue weighted by atomic mass is 10.2. The maximum atomic E-state index is 12.0. The van der Waals surface area contributed by atoms with Crippen molar-refractivity contribution in [2.24, 2.45) is 7.05 Å². The fraction of sp³-hybridized carbons (Fsp3) is 0.0667. The third-order valence-electron chi connectivity index (χ3n) is 3.15. The summed E-state index contributed by atoms with van der Waals surface area (Å²) >= 11 is 5.90. The Labute approximate surface area is 138 Å². The van der Waals surface area contributed by atoms with E-state index in [1.165, 1.54) is 0 Å². The van der Waals surface area contributed by atoms with E-state index in [0.29, 0.717) is 11.4 Å². The summed E-state index contributed by atoms with van der Waals surface area (Å²) in [6, 6.07) is 10.8. The van der Waals surface area contributed by atoms with Crippen LogP contribution in [-0.2, 0) is 7.05 Å². The summed E-state index contributed by atoms with van der Waals surface area (Å²) in [5, 5.41) is 6.76. The van der Waals surface area contributed by atoms with Gasteiger partial charge in [-0.3, -0.25) is 0 Å². The van der Waals surface area contributed by atoms with Gasteiger partial charge in [0, 0.05) is 36.0 Å². The summed E-state index contributed by atoms with van der Waals surface area (Å²) in [5.74, 6) is 0. The molecule has 2 N–H and O–H groups in total.